The van der Waals surface area contributed by atoms with Gasteiger partial charge in [-0.2, -0.15) is 5.10 Å². The van der Waals surface area contributed by atoms with E-state index < -0.39 is 0 Å². The van der Waals surface area contributed by atoms with Gasteiger partial charge in [0.15, 0.2) is 0 Å². The van der Waals surface area contributed by atoms with Gasteiger partial charge in [0, 0.05) is 37.4 Å². The molecule has 2 amide bonds. The number of aryl methyl sites for hydroxylation is 2. The van der Waals surface area contributed by atoms with E-state index in [1.807, 2.05) is 38.1 Å². The Morgan fingerprint density at radius 3 is 2.22 bits per heavy atom. The maximum absolute atomic E-state index is 12.5. The van der Waals surface area contributed by atoms with Gasteiger partial charge in [-0.3, -0.25) is 14.7 Å². The molecule has 1 aliphatic rings. The Hall–Kier alpha value is -2.63. The summed E-state index contributed by atoms with van der Waals surface area (Å²) in [6.07, 6.45) is 0. The number of aromatic amines is 1. The molecule has 1 N–H and O–H groups in total. The molecule has 2 heterocycles. The van der Waals surface area contributed by atoms with Crippen LogP contribution in [-0.2, 0) is 0 Å². The average molecular weight is 312 g/mol. The van der Waals surface area contributed by atoms with Crippen LogP contribution in [0.15, 0.2) is 30.3 Å². The van der Waals surface area contributed by atoms with E-state index in [-0.39, 0.29) is 11.8 Å². The first-order chi connectivity index (χ1) is 11.0. The lowest BCUT2D eigenvalue weighted by atomic mass is 10.1. The summed E-state index contributed by atoms with van der Waals surface area (Å²) in [6, 6.07) is 9.33. The van der Waals surface area contributed by atoms with Crippen molar-refractivity contribution in [2.24, 2.45) is 0 Å². The third kappa shape index (κ3) is 3.26. The molecule has 0 atom stereocenters. The van der Waals surface area contributed by atoms with Crippen molar-refractivity contribution in [3.8, 4) is 0 Å². The number of piperazine rings is 1. The van der Waals surface area contributed by atoms with Gasteiger partial charge in [-0.1, -0.05) is 17.7 Å². The van der Waals surface area contributed by atoms with E-state index in [1.54, 1.807) is 15.9 Å². The summed E-state index contributed by atoms with van der Waals surface area (Å²) in [5.74, 6) is -0.0617. The van der Waals surface area contributed by atoms with E-state index >= 15 is 0 Å². The number of nitrogens with one attached hydrogen (secondary N) is 1. The lowest BCUT2D eigenvalue weighted by Gasteiger charge is -2.34. The Morgan fingerprint density at radius 1 is 1.00 bits per heavy atom. The van der Waals surface area contributed by atoms with Crippen LogP contribution in [0.3, 0.4) is 0 Å². The number of hydrogen-bond acceptors (Lipinski definition) is 3. The lowest BCUT2D eigenvalue weighted by molar-refractivity contribution is 0.0532. The first-order valence-corrected chi connectivity index (χ1v) is 7.72. The van der Waals surface area contributed by atoms with Gasteiger partial charge in [-0.05, 0) is 32.0 Å². The molecule has 1 fully saturated rings. The van der Waals surface area contributed by atoms with Gasteiger partial charge in [-0.15, -0.1) is 0 Å². The third-order valence-electron chi connectivity index (χ3n) is 4.04. The SMILES string of the molecule is Cc1cccc(C(=O)N2CCN(C(=O)c3cc(C)[nH]n3)CC2)c1. The minimum absolute atomic E-state index is 0.0245. The molecule has 1 aromatic heterocycles. The lowest BCUT2D eigenvalue weighted by Crippen LogP contribution is -2.50. The molecule has 2 aromatic rings. The molecule has 23 heavy (non-hydrogen) atoms. The number of benzene rings is 1. The quantitative estimate of drug-likeness (QED) is 0.916. The first kappa shape index (κ1) is 15.3. The zero-order chi connectivity index (χ0) is 16.4. The summed E-state index contributed by atoms with van der Waals surface area (Å²) in [6.45, 7) is 5.98. The third-order valence-corrected chi connectivity index (χ3v) is 4.04. The molecule has 6 nitrogen and oxygen atoms in total. The summed E-state index contributed by atoms with van der Waals surface area (Å²) in [5, 5.41) is 6.79. The highest BCUT2D eigenvalue weighted by molar-refractivity contribution is 5.95. The van der Waals surface area contributed by atoms with E-state index in [2.05, 4.69) is 10.2 Å². The minimum atomic E-state index is -0.0861. The molecule has 6 heteroatoms. The fourth-order valence-corrected chi connectivity index (χ4v) is 2.76. The van der Waals surface area contributed by atoms with Crippen molar-refractivity contribution in [2.45, 2.75) is 13.8 Å². The van der Waals surface area contributed by atoms with E-state index in [0.717, 1.165) is 11.3 Å². The van der Waals surface area contributed by atoms with Crippen LogP contribution in [0.2, 0.25) is 0 Å². The maximum Gasteiger partial charge on any atom is 0.274 e. The van der Waals surface area contributed by atoms with Gasteiger partial charge in [0.2, 0.25) is 0 Å². The smallest absolute Gasteiger partial charge is 0.274 e. The second-order valence-corrected chi connectivity index (χ2v) is 5.89. The number of amides is 2. The Bertz CT molecular complexity index is 730. The molecule has 0 radical (unpaired) electrons. The summed E-state index contributed by atoms with van der Waals surface area (Å²) in [5.41, 5.74) is 3.06. The number of aromatic nitrogens is 2. The molecule has 1 saturated heterocycles. The van der Waals surface area contributed by atoms with Crippen molar-refractivity contribution in [1.82, 2.24) is 20.0 Å². The van der Waals surface area contributed by atoms with Crippen LogP contribution < -0.4 is 0 Å². The van der Waals surface area contributed by atoms with Crippen molar-refractivity contribution < 1.29 is 9.59 Å². The zero-order valence-corrected chi connectivity index (χ0v) is 13.4. The number of carbonyl (C=O) groups is 2. The van der Waals surface area contributed by atoms with Crippen molar-refractivity contribution in [2.75, 3.05) is 26.2 Å². The van der Waals surface area contributed by atoms with E-state index in [4.69, 9.17) is 0 Å². The van der Waals surface area contributed by atoms with Gasteiger partial charge in [-0.25, -0.2) is 0 Å². The monoisotopic (exact) mass is 312 g/mol. The van der Waals surface area contributed by atoms with Crippen LogP contribution in [0.4, 0.5) is 0 Å². The molecule has 0 bridgehead atoms. The van der Waals surface area contributed by atoms with E-state index in [0.29, 0.717) is 37.4 Å². The highest BCUT2D eigenvalue weighted by Crippen LogP contribution is 2.12. The summed E-state index contributed by atoms with van der Waals surface area (Å²) < 4.78 is 0. The van der Waals surface area contributed by atoms with Crippen LogP contribution in [0.5, 0.6) is 0 Å². The van der Waals surface area contributed by atoms with Crippen LogP contribution in [-0.4, -0.2) is 58.0 Å². The van der Waals surface area contributed by atoms with E-state index in [1.165, 1.54) is 0 Å². The fraction of sp³-hybridized carbons (Fsp3) is 0.353. The number of rotatable bonds is 2. The van der Waals surface area contributed by atoms with Crippen molar-refractivity contribution in [3.05, 3.63) is 52.8 Å². The van der Waals surface area contributed by atoms with Crippen LogP contribution in [0.1, 0.15) is 32.1 Å². The molecular weight excluding hydrogens is 292 g/mol. The molecule has 1 aromatic carbocycles. The Labute approximate surface area is 135 Å². The maximum atomic E-state index is 12.5. The highest BCUT2D eigenvalue weighted by atomic mass is 16.2. The highest BCUT2D eigenvalue weighted by Gasteiger charge is 2.26. The average Bonchev–Trinajstić information content (AvgIpc) is 3.00. The Balaban J connectivity index is 1.62. The van der Waals surface area contributed by atoms with E-state index in [9.17, 15) is 9.59 Å². The summed E-state index contributed by atoms with van der Waals surface area (Å²) >= 11 is 0. The predicted molar refractivity (Wildman–Crippen MR) is 86.3 cm³/mol. The molecule has 120 valence electrons. The summed E-state index contributed by atoms with van der Waals surface area (Å²) in [7, 11) is 0. The number of nitrogens with zero attached hydrogens (tertiary/aromatic N) is 3. The van der Waals surface area contributed by atoms with Gasteiger partial charge in [0.05, 0.1) is 0 Å². The first-order valence-electron chi connectivity index (χ1n) is 7.72. The normalized spacial score (nSPS) is 14.9. The zero-order valence-electron chi connectivity index (χ0n) is 13.4. The van der Waals surface area contributed by atoms with Crippen LogP contribution in [0.25, 0.3) is 0 Å². The predicted octanol–water partition coefficient (Wildman–Crippen LogP) is 1.62. The van der Waals surface area contributed by atoms with Gasteiger partial charge in [0.1, 0.15) is 5.69 Å². The van der Waals surface area contributed by atoms with Gasteiger partial charge in [0.25, 0.3) is 11.8 Å². The largest absolute Gasteiger partial charge is 0.335 e. The van der Waals surface area contributed by atoms with Gasteiger partial charge < -0.3 is 9.80 Å². The molecular formula is C17H20N4O2. The molecule has 0 spiro atoms. The second kappa shape index (κ2) is 6.24. The van der Waals surface area contributed by atoms with Crippen LogP contribution >= 0.6 is 0 Å². The second-order valence-electron chi connectivity index (χ2n) is 5.89. The topological polar surface area (TPSA) is 69.3 Å². The number of H-pyrrole nitrogens is 1. The Morgan fingerprint density at radius 2 is 1.65 bits per heavy atom. The van der Waals surface area contributed by atoms with Crippen LogP contribution in [0, 0.1) is 13.8 Å². The van der Waals surface area contributed by atoms with Gasteiger partial charge >= 0.3 is 0 Å². The number of carbonyl (C=O) groups excluding carboxylic acids is 2. The number of hydrogen-bond donors (Lipinski definition) is 1. The van der Waals surface area contributed by atoms with Crippen molar-refractivity contribution in [3.63, 3.8) is 0 Å². The van der Waals surface area contributed by atoms with Crippen molar-refractivity contribution >= 4 is 11.8 Å². The molecule has 1 aliphatic heterocycles. The minimum Gasteiger partial charge on any atom is -0.335 e. The standard InChI is InChI=1S/C17H20N4O2/c1-12-4-3-5-14(10-12)16(22)20-6-8-21(9-7-20)17(23)15-11-13(2)18-19-15/h3-5,10-11H,6-9H2,1-2H3,(H,18,19). The molecule has 0 saturated carbocycles. The molecule has 0 unspecified atom stereocenters. The molecule has 0 aliphatic carbocycles. The Kier molecular flexibility index (Phi) is 4.14. The molecule has 3 rings (SSSR count). The fourth-order valence-electron chi connectivity index (χ4n) is 2.76. The summed E-state index contributed by atoms with van der Waals surface area (Å²) in [4.78, 5) is 28.4. The van der Waals surface area contributed by atoms with Crippen molar-refractivity contribution in [1.29, 1.82) is 0 Å².